The van der Waals surface area contributed by atoms with E-state index < -0.39 is 0 Å². The highest BCUT2D eigenvalue weighted by atomic mass is 15.3. The Hall–Kier alpha value is -2.50. The van der Waals surface area contributed by atoms with Crippen molar-refractivity contribution in [3.63, 3.8) is 0 Å². The van der Waals surface area contributed by atoms with E-state index in [0.717, 1.165) is 35.6 Å². The highest BCUT2D eigenvalue weighted by molar-refractivity contribution is 5.86. The number of rotatable bonds is 4. The maximum atomic E-state index is 4.73. The second-order valence-electron chi connectivity index (χ2n) is 6.69. The summed E-state index contributed by atoms with van der Waals surface area (Å²) in [5.74, 6) is 1.66. The van der Waals surface area contributed by atoms with Gasteiger partial charge in [0.05, 0.1) is 11.6 Å². The number of nitrogens with zero attached hydrogens (tertiary/aromatic N) is 5. The van der Waals surface area contributed by atoms with Gasteiger partial charge in [0, 0.05) is 31.4 Å². The third kappa shape index (κ3) is 3.31. The van der Waals surface area contributed by atoms with Crippen molar-refractivity contribution >= 4 is 16.9 Å². The summed E-state index contributed by atoms with van der Waals surface area (Å²) in [6.45, 7) is 7.13. The lowest BCUT2D eigenvalue weighted by molar-refractivity contribution is 0.547. The van der Waals surface area contributed by atoms with Gasteiger partial charge >= 0.3 is 0 Å². The minimum atomic E-state index is -0.113. The van der Waals surface area contributed by atoms with Gasteiger partial charge in [0.1, 0.15) is 11.6 Å². The molecular weight excluding hydrogens is 288 g/mol. The Kier molecular flexibility index (Phi) is 3.98. The third-order valence-electron chi connectivity index (χ3n) is 3.69. The number of hydrogen-bond donors (Lipinski definition) is 1. The van der Waals surface area contributed by atoms with Crippen molar-refractivity contribution in [1.29, 1.82) is 0 Å². The number of hydrogen-bond acceptors (Lipinski definition) is 5. The van der Waals surface area contributed by atoms with Crippen LogP contribution in [0.2, 0.25) is 0 Å². The van der Waals surface area contributed by atoms with Crippen LogP contribution in [-0.4, -0.2) is 31.3 Å². The van der Waals surface area contributed by atoms with Crippen LogP contribution in [0, 0.1) is 0 Å². The molecule has 0 aromatic carbocycles. The Bertz CT molecular complexity index is 801. The standard InChI is InChI=1S/C17H22N6/c1-17(2,3)16-21-14(13-11-20-23(4)15(13)22-16)19-9-7-12-6-5-8-18-10-12/h5-6,8,10-11H,7,9H2,1-4H3,(H,19,21,22). The normalized spacial score (nSPS) is 11.8. The zero-order valence-corrected chi connectivity index (χ0v) is 14.0. The Morgan fingerprint density at radius 2 is 2.00 bits per heavy atom. The lowest BCUT2D eigenvalue weighted by atomic mass is 9.95. The molecule has 0 aliphatic rings. The first kappa shape index (κ1) is 15.4. The molecule has 6 heteroatoms. The molecule has 120 valence electrons. The predicted molar refractivity (Wildman–Crippen MR) is 91.4 cm³/mol. The fourth-order valence-corrected chi connectivity index (χ4v) is 2.36. The summed E-state index contributed by atoms with van der Waals surface area (Å²) in [5.41, 5.74) is 1.94. The number of aryl methyl sites for hydroxylation is 1. The van der Waals surface area contributed by atoms with Gasteiger partial charge in [0.15, 0.2) is 5.65 Å². The number of aromatic nitrogens is 5. The summed E-state index contributed by atoms with van der Waals surface area (Å²) >= 11 is 0. The molecule has 23 heavy (non-hydrogen) atoms. The first-order valence-corrected chi connectivity index (χ1v) is 7.78. The molecule has 6 nitrogen and oxygen atoms in total. The van der Waals surface area contributed by atoms with Crippen LogP contribution < -0.4 is 5.32 Å². The second-order valence-corrected chi connectivity index (χ2v) is 6.69. The lowest BCUT2D eigenvalue weighted by Gasteiger charge is -2.18. The van der Waals surface area contributed by atoms with Crippen LogP contribution in [0.1, 0.15) is 32.2 Å². The molecule has 3 heterocycles. The number of nitrogens with one attached hydrogen (secondary N) is 1. The van der Waals surface area contributed by atoms with Crippen LogP contribution in [0.4, 0.5) is 5.82 Å². The summed E-state index contributed by atoms with van der Waals surface area (Å²) in [6, 6.07) is 4.03. The molecule has 3 aromatic rings. The van der Waals surface area contributed by atoms with Crippen molar-refractivity contribution in [3.8, 4) is 0 Å². The van der Waals surface area contributed by atoms with Crippen molar-refractivity contribution in [2.75, 3.05) is 11.9 Å². The molecule has 0 amide bonds. The summed E-state index contributed by atoms with van der Waals surface area (Å²) < 4.78 is 1.79. The Labute approximate surface area is 136 Å². The molecule has 0 aliphatic heterocycles. The van der Waals surface area contributed by atoms with Crippen LogP contribution in [-0.2, 0) is 18.9 Å². The van der Waals surface area contributed by atoms with Gasteiger partial charge in [-0.15, -0.1) is 0 Å². The summed E-state index contributed by atoms with van der Waals surface area (Å²) in [7, 11) is 1.90. The maximum absolute atomic E-state index is 4.73. The third-order valence-corrected chi connectivity index (χ3v) is 3.69. The summed E-state index contributed by atoms with van der Waals surface area (Å²) in [5, 5.41) is 8.69. The minimum Gasteiger partial charge on any atom is -0.369 e. The molecule has 0 bridgehead atoms. The van der Waals surface area contributed by atoms with Gasteiger partial charge in [0.25, 0.3) is 0 Å². The fourth-order valence-electron chi connectivity index (χ4n) is 2.36. The molecule has 3 rings (SSSR count). The van der Waals surface area contributed by atoms with Crippen molar-refractivity contribution in [3.05, 3.63) is 42.1 Å². The minimum absolute atomic E-state index is 0.113. The van der Waals surface area contributed by atoms with Gasteiger partial charge in [-0.2, -0.15) is 5.10 Å². The van der Waals surface area contributed by atoms with Crippen molar-refractivity contribution < 1.29 is 0 Å². The molecule has 0 radical (unpaired) electrons. The average Bonchev–Trinajstić information content (AvgIpc) is 2.89. The SMILES string of the molecule is Cn1ncc2c(NCCc3cccnc3)nc(C(C)(C)C)nc21. The summed E-state index contributed by atoms with van der Waals surface area (Å²) in [6.07, 6.45) is 6.39. The molecule has 0 saturated carbocycles. The molecule has 0 fully saturated rings. The second kappa shape index (κ2) is 5.95. The highest BCUT2D eigenvalue weighted by Gasteiger charge is 2.21. The number of anilines is 1. The monoisotopic (exact) mass is 310 g/mol. The molecule has 0 saturated heterocycles. The van der Waals surface area contributed by atoms with E-state index in [2.05, 4.69) is 47.2 Å². The van der Waals surface area contributed by atoms with Crippen molar-refractivity contribution in [1.82, 2.24) is 24.7 Å². The van der Waals surface area contributed by atoms with Gasteiger partial charge in [-0.05, 0) is 18.1 Å². The van der Waals surface area contributed by atoms with E-state index in [-0.39, 0.29) is 5.41 Å². The fraction of sp³-hybridized carbons (Fsp3) is 0.412. The van der Waals surface area contributed by atoms with Crippen LogP contribution in [0.15, 0.2) is 30.7 Å². The van der Waals surface area contributed by atoms with E-state index in [1.807, 2.05) is 25.5 Å². The molecule has 0 unspecified atom stereocenters. The van der Waals surface area contributed by atoms with Crippen LogP contribution in [0.5, 0.6) is 0 Å². The lowest BCUT2D eigenvalue weighted by Crippen LogP contribution is -2.18. The molecule has 1 N–H and O–H groups in total. The van der Waals surface area contributed by atoms with E-state index in [4.69, 9.17) is 4.98 Å². The highest BCUT2D eigenvalue weighted by Crippen LogP contribution is 2.25. The Morgan fingerprint density at radius 1 is 1.17 bits per heavy atom. The van der Waals surface area contributed by atoms with Crippen LogP contribution >= 0.6 is 0 Å². The predicted octanol–water partition coefficient (Wildman–Crippen LogP) is 2.71. The first-order valence-electron chi connectivity index (χ1n) is 7.78. The quantitative estimate of drug-likeness (QED) is 0.802. The number of pyridine rings is 1. The zero-order chi connectivity index (χ0) is 16.4. The molecular formula is C17H22N6. The van der Waals surface area contributed by atoms with Crippen LogP contribution in [0.25, 0.3) is 11.0 Å². The Morgan fingerprint density at radius 3 is 2.70 bits per heavy atom. The van der Waals surface area contributed by atoms with Crippen LogP contribution in [0.3, 0.4) is 0 Å². The zero-order valence-electron chi connectivity index (χ0n) is 14.0. The largest absolute Gasteiger partial charge is 0.369 e. The van der Waals surface area contributed by atoms with Gasteiger partial charge in [-0.3, -0.25) is 9.67 Å². The maximum Gasteiger partial charge on any atom is 0.163 e. The molecule has 0 atom stereocenters. The van der Waals surface area contributed by atoms with Gasteiger partial charge < -0.3 is 5.32 Å². The molecule has 0 aliphatic carbocycles. The first-order chi connectivity index (χ1) is 10.9. The van der Waals surface area contributed by atoms with Gasteiger partial charge in [0.2, 0.25) is 0 Å². The topological polar surface area (TPSA) is 68.5 Å². The molecule has 0 spiro atoms. The van der Waals surface area contributed by atoms with Gasteiger partial charge in [-0.25, -0.2) is 9.97 Å². The van der Waals surface area contributed by atoms with E-state index in [0.29, 0.717) is 0 Å². The van der Waals surface area contributed by atoms with Crippen molar-refractivity contribution in [2.24, 2.45) is 7.05 Å². The Balaban J connectivity index is 1.87. The van der Waals surface area contributed by atoms with Crippen molar-refractivity contribution in [2.45, 2.75) is 32.6 Å². The smallest absolute Gasteiger partial charge is 0.163 e. The van der Waals surface area contributed by atoms with E-state index in [9.17, 15) is 0 Å². The van der Waals surface area contributed by atoms with Gasteiger partial charge in [-0.1, -0.05) is 26.8 Å². The molecule has 3 aromatic heterocycles. The average molecular weight is 310 g/mol. The van der Waals surface area contributed by atoms with E-state index in [1.54, 1.807) is 10.9 Å². The van der Waals surface area contributed by atoms with E-state index >= 15 is 0 Å². The number of fused-ring (bicyclic) bond motifs is 1. The summed E-state index contributed by atoms with van der Waals surface area (Å²) in [4.78, 5) is 13.5. The van der Waals surface area contributed by atoms with E-state index in [1.165, 1.54) is 5.56 Å².